The van der Waals surface area contributed by atoms with E-state index in [-0.39, 0.29) is 24.8 Å². The highest BCUT2D eigenvalue weighted by atomic mass is 35.5. The molecule has 0 aliphatic heterocycles. The van der Waals surface area contributed by atoms with Crippen LogP contribution in [0.4, 0.5) is 22.0 Å². The van der Waals surface area contributed by atoms with Crippen molar-refractivity contribution in [3.8, 4) is 0 Å². The smallest absolute Gasteiger partial charge is 0.207 e. The highest BCUT2D eigenvalue weighted by molar-refractivity contribution is 7.90. The summed E-state index contributed by atoms with van der Waals surface area (Å²) in [5.41, 5.74) is -5.76. The number of alkyl halides is 3. The summed E-state index contributed by atoms with van der Waals surface area (Å²) in [5.74, 6) is -1.39. The van der Waals surface area contributed by atoms with Crippen molar-refractivity contribution in [1.82, 2.24) is 4.72 Å². The predicted octanol–water partition coefficient (Wildman–Crippen LogP) is 4.70. The van der Waals surface area contributed by atoms with Crippen LogP contribution < -0.4 is 4.72 Å². The zero-order valence-electron chi connectivity index (χ0n) is 14.2. The van der Waals surface area contributed by atoms with Crippen molar-refractivity contribution in [1.29, 1.82) is 0 Å². The fraction of sp³-hybridized carbons (Fsp3) is 0.333. The molecule has 0 heterocycles. The Hall–Kier alpha value is -1.71. The highest BCUT2D eigenvalue weighted by Crippen LogP contribution is 2.48. The van der Waals surface area contributed by atoms with Gasteiger partial charge in [0.15, 0.2) is 0 Å². The second-order valence-electron chi connectivity index (χ2n) is 6.88. The number of benzene rings is 2. The van der Waals surface area contributed by atoms with E-state index in [9.17, 15) is 30.4 Å². The minimum Gasteiger partial charge on any atom is -0.207 e. The molecule has 1 saturated carbocycles. The lowest BCUT2D eigenvalue weighted by Gasteiger charge is -2.48. The van der Waals surface area contributed by atoms with Gasteiger partial charge in [-0.15, -0.1) is 0 Å². The molecule has 1 fully saturated rings. The summed E-state index contributed by atoms with van der Waals surface area (Å²) in [6.45, 7) is 0. The molecule has 2 aromatic rings. The topological polar surface area (TPSA) is 46.2 Å². The third kappa shape index (κ3) is 4.16. The molecule has 0 unspecified atom stereocenters. The van der Waals surface area contributed by atoms with Crippen molar-refractivity contribution in [2.45, 2.75) is 36.2 Å². The Balaban J connectivity index is 1.90. The van der Waals surface area contributed by atoms with E-state index in [2.05, 4.69) is 0 Å². The molecule has 3 rings (SSSR count). The largest absolute Gasteiger partial charge is 0.511 e. The van der Waals surface area contributed by atoms with Gasteiger partial charge in [-0.25, -0.2) is 21.9 Å². The molecule has 28 heavy (non-hydrogen) atoms. The maximum absolute atomic E-state index is 14.4. The van der Waals surface area contributed by atoms with Gasteiger partial charge in [-0.2, -0.15) is 13.2 Å². The molecule has 1 N–H and O–H groups in total. The van der Waals surface area contributed by atoms with E-state index in [1.807, 2.05) is 0 Å². The number of sulfonamides is 1. The molecule has 1 aliphatic rings. The first kappa shape index (κ1) is 21.0. The first-order chi connectivity index (χ1) is 12.9. The molecule has 0 spiro atoms. The maximum Gasteiger partial charge on any atom is 0.511 e. The van der Waals surface area contributed by atoms with Crippen molar-refractivity contribution in [3.05, 3.63) is 70.2 Å². The average molecular weight is 440 g/mol. The zero-order valence-corrected chi connectivity index (χ0v) is 15.8. The molecule has 0 radical (unpaired) electrons. The van der Waals surface area contributed by atoms with Crippen LogP contribution in [0.15, 0.2) is 42.5 Å². The minimum absolute atomic E-state index is 0.00454. The van der Waals surface area contributed by atoms with E-state index in [0.717, 1.165) is 18.2 Å². The van der Waals surface area contributed by atoms with Gasteiger partial charge < -0.3 is 0 Å². The SMILES string of the molecule is O=S(=O)(N[C@H]1C[C@](Cc2ccc(Cl)cc2)(c2cc(F)ccc2F)C1)C(F)(F)F. The summed E-state index contributed by atoms with van der Waals surface area (Å²) in [4.78, 5) is 0. The molecule has 152 valence electrons. The molecule has 0 amide bonds. The Morgan fingerprint density at radius 1 is 1.07 bits per heavy atom. The number of halogens is 6. The van der Waals surface area contributed by atoms with Crippen molar-refractivity contribution < 1.29 is 30.4 Å². The van der Waals surface area contributed by atoms with E-state index in [1.165, 1.54) is 0 Å². The third-order valence-electron chi connectivity index (χ3n) is 4.86. The zero-order chi connectivity index (χ0) is 20.7. The monoisotopic (exact) mass is 439 g/mol. The molecule has 1 aliphatic carbocycles. The van der Waals surface area contributed by atoms with E-state index in [1.54, 1.807) is 29.0 Å². The van der Waals surface area contributed by atoms with Gasteiger partial charge in [0.05, 0.1) is 0 Å². The lowest BCUT2D eigenvalue weighted by Crippen LogP contribution is -2.56. The summed E-state index contributed by atoms with van der Waals surface area (Å²) >= 11 is 5.84. The second kappa shape index (κ2) is 7.27. The summed E-state index contributed by atoms with van der Waals surface area (Å²) in [7, 11) is -5.52. The Bertz CT molecular complexity index is 970. The Morgan fingerprint density at radius 3 is 2.25 bits per heavy atom. The van der Waals surface area contributed by atoms with Crippen molar-refractivity contribution >= 4 is 21.6 Å². The lowest BCUT2D eigenvalue weighted by atomic mass is 9.59. The third-order valence-corrected chi connectivity index (χ3v) is 6.36. The second-order valence-corrected chi connectivity index (χ2v) is 9.02. The van der Waals surface area contributed by atoms with Crippen LogP contribution in [0.2, 0.25) is 5.02 Å². The summed E-state index contributed by atoms with van der Waals surface area (Å²) in [5, 5.41) is 0.471. The average Bonchev–Trinajstić information content (AvgIpc) is 2.55. The number of hydrogen-bond acceptors (Lipinski definition) is 2. The molecular weight excluding hydrogens is 425 g/mol. The number of rotatable bonds is 5. The van der Waals surface area contributed by atoms with Gasteiger partial charge in [0, 0.05) is 16.5 Å². The van der Waals surface area contributed by atoms with Gasteiger partial charge in [-0.1, -0.05) is 23.7 Å². The van der Waals surface area contributed by atoms with Crippen LogP contribution in [0.1, 0.15) is 24.0 Å². The Labute approximate surface area is 163 Å². The standard InChI is InChI=1S/C18H15ClF5NO2S/c19-12-3-1-11(2-4-12)8-17(15-7-13(20)5-6-16(15)21)9-14(10-17)25-28(26,27)18(22,23)24/h1-7,14,25H,8-10H2/t14-,17-. The first-order valence-corrected chi connectivity index (χ1v) is 10.1. The van der Waals surface area contributed by atoms with Gasteiger partial charge in [0.1, 0.15) is 11.6 Å². The molecule has 0 aromatic heterocycles. The van der Waals surface area contributed by atoms with Gasteiger partial charge in [-0.3, -0.25) is 0 Å². The summed E-state index contributed by atoms with van der Waals surface area (Å²) in [6.07, 6.45) is -0.0224. The normalized spacial score (nSPS) is 22.7. The molecular formula is C18H15ClF5NO2S. The van der Waals surface area contributed by atoms with E-state index in [4.69, 9.17) is 11.6 Å². The molecule has 10 heteroatoms. The van der Waals surface area contributed by atoms with Gasteiger partial charge in [-0.05, 0) is 60.7 Å². The minimum atomic E-state index is -5.52. The quantitative estimate of drug-likeness (QED) is 0.686. The maximum atomic E-state index is 14.4. The fourth-order valence-corrected chi connectivity index (χ4v) is 4.47. The van der Waals surface area contributed by atoms with Crippen LogP contribution in [0, 0.1) is 11.6 Å². The van der Waals surface area contributed by atoms with E-state index >= 15 is 0 Å². The number of nitrogens with one attached hydrogen (secondary N) is 1. The lowest BCUT2D eigenvalue weighted by molar-refractivity contribution is -0.0457. The predicted molar refractivity (Wildman–Crippen MR) is 94.3 cm³/mol. The van der Waals surface area contributed by atoms with Gasteiger partial charge >= 0.3 is 15.5 Å². The highest BCUT2D eigenvalue weighted by Gasteiger charge is 2.53. The Morgan fingerprint density at radius 2 is 1.68 bits per heavy atom. The van der Waals surface area contributed by atoms with Crippen LogP contribution in [0.3, 0.4) is 0 Å². The summed E-state index contributed by atoms with van der Waals surface area (Å²) < 4.78 is 90.2. The Kier molecular flexibility index (Phi) is 5.46. The molecule has 2 aromatic carbocycles. The van der Waals surface area contributed by atoms with E-state index < -0.39 is 38.6 Å². The van der Waals surface area contributed by atoms with Crippen molar-refractivity contribution in [2.75, 3.05) is 0 Å². The van der Waals surface area contributed by atoms with E-state index in [0.29, 0.717) is 10.6 Å². The summed E-state index contributed by atoms with van der Waals surface area (Å²) in [6, 6.07) is 8.41. The molecule has 0 atom stereocenters. The molecule has 0 saturated heterocycles. The number of hydrogen-bond donors (Lipinski definition) is 1. The molecule has 3 nitrogen and oxygen atoms in total. The van der Waals surface area contributed by atoms with Crippen LogP contribution >= 0.6 is 11.6 Å². The molecule has 0 bridgehead atoms. The first-order valence-electron chi connectivity index (χ1n) is 8.20. The van der Waals surface area contributed by atoms with Crippen LogP contribution in [0.25, 0.3) is 0 Å². The van der Waals surface area contributed by atoms with Gasteiger partial charge in [0.2, 0.25) is 0 Å². The van der Waals surface area contributed by atoms with Crippen molar-refractivity contribution in [2.24, 2.45) is 0 Å². The van der Waals surface area contributed by atoms with Crippen LogP contribution in [-0.4, -0.2) is 20.0 Å². The fourth-order valence-electron chi connectivity index (χ4n) is 3.61. The van der Waals surface area contributed by atoms with Crippen molar-refractivity contribution in [3.63, 3.8) is 0 Å². The van der Waals surface area contributed by atoms with Gasteiger partial charge in [0.25, 0.3) is 0 Å². The van der Waals surface area contributed by atoms with Crippen LogP contribution in [-0.2, 0) is 21.9 Å². The van der Waals surface area contributed by atoms with Crippen LogP contribution in [0.5, 0.6) is 0 Å².